The molecule has 4 heteroatoms. The molecule has 2 N–H and O–H groups in total. The normalized spacial score (nSPS) is 15.2. The van der Waals surface area contributed by atoms with E-state index < -0.39 is 0 Å². The largest absolute Gasteiger partial charge is 0.383 e. The fraction of sp³-hybridized carbons (Fsp3) is 0.667. The first kappa shape index (κ1) is 11.3. The molecule has 0 saturated carbocycles. The van der Waals surface area contributed by atoms with E-state index in [1.54, 1.807) is 0 Å². The molecule has 88 valence electrons. The molecule has 0 atom stereocenters. The Morgan fingerprint density at radius 3 is 2.94 bits per heavy atom. The van der Waals surface area contributed by atoms with E-state index in [2.05, 4.69) is 23.8 Å². The Balaban J connectivity index is 2.18. The van der Waals surface area contributed by atoms with Crippen LogP contribution in [0.1, 0.15) is 37.4 Å². The van der Waals surface area contributed by atoms with Gasteiger partial charge in [0.25, 0.3) is 0 Å². The fourth-order valence-electron chi connectivity index (χ4n) is 1.84. The highest BCUT2D eigenvalue weighted by molar-refractivity contribution is 5.42. The summed E-state index contributed by atoms with van der Waals surface area (Å²) in [6, 6.07) is 0. The summed E-state index contributed by atoms with van der Waals surface area (Å²) in [7, 11) is 0. The zero-order valence-corrected chi connectivity index (χ0v) is 9.99. The molecular weight excluding hydrogens is 202 g/mol. The summed E-state index contributed by atoms with van der Waals surface area (Å²) < 4.78 is 5.35. The van der Waals surface area contributed by atoms with Crippen LogP contribution in [0, 0.1) is 5.92 Å². The Morgan fingerprint density at radius 1 is 1.38 bits per heavy atom. The average Bonchev–Trinajstić information content (AvgIpc) is 2.26. The van der Waals surface area contributed by atoms with Gasteiger partial charge in [0, 0.05) is 18.4 Å². The zero-order chi connectivity index (χ0) is 11.5. The van der Waals surface area contributed by atoms with Crippen LogP contribution < -0.4 is 5.73 Å². The van der Waals surface area contributed by atoms with Crippen LogP contribution in [0.3, 0.4) is 0 Å². The molecule has 4 nitrogen and oxygen atoms in total. The van der Waals surface area contributed by atoms with Crippen molar-refractivity contribution in [2.75, 3.05) is 12.3 Å². The minimum Gasteiger partial charge on any atom is -0.383 e. The first-order valence-electron chi connectivity index (χ1n) is 5.88. The van der Waals surface area contributed by atoms with Crippen LogP contribution in [0.4, 0.5) is 5.82 Å². The zero-order valence-electron chi connectivity index (χ0n) is 9.99. The van der Waals surface area contributed by atoms with Crippen LogP contribution in [0.2, 0.25) is 0 Å². The molecule has 0 unspecified atom stereocenters. The second-order valence-electron chi connectivity index (χ2n) is 4.69. The number of aromatic nitrogens is 2. The number of aryl methyl sites for hydroxylation is 1. The molecule has 0 amide bonds. The van der Waals surface area contributed by atoms with Crippen LogP contribution in [-0.2, 0) is 24.2 Å². The van der Waals surface area contributed by atoms with Gasteiger partial charge >= 0.3 is 0 Å². The van der Waals surface area contributed by atoms with Crippen molar-refractivity contribution in [1.29, 1.82) is 0 Å². The lowest BCUT2D eigenvalue weighted by Crippen LogP contribution is -2.17. The highest BCUT2D eigenvalue weighted by atomic mass is 16.5. The van der Waals surface area contributed by atoms with Gasteiger partial charge in [-0.05, 0) is 12.3 Å². The van der Waals surface area contributed by atoms with Crippen LogP contribution in [0.25, 0.3) is 0 Å². The first-order valence-corrected chi connectivity index (χ1v) is 5.88. The lowest BCUT2D eigenvalue weighted by Gasteiger charge is -2.17. The molecule has 2 heterocycles. The maximum atomic E-state index is 5.92. The molecule has 2 rings (SSSR count). The average molecular weight is 221 g/mol. The summed E-state index contributed by atoms with van der Waals surface area (Å²) in [5, 5.41) is 0. The van der Waals surface area contributed by atoms with Crippen molar-refractivity contribution in [3.8, 4) is 0 Å². The number of rotatable bonds is 3. The van der Waals surface area contributed by atoms with E-state index in [4.69, 9.17) is 10.5 Å². The third-order valence-corrected chi connectivity index (χ3v) is 2.85. The van der Waals surface area contributed by atoms with E-state index in [1.165, 1.54) is 0 Å². The lowest BCUT2D eigenvalue weighted by molar-refractivity contribution is 0.109. The monoisotopic (exact) mass is 221 g/mol. The van der Waals surface area contributed by atoms with Crippen LogP contribution in [-0.4, -0.2) is 16.6 Å². The smallest absolute Gasteiger partial charge is 0.132 e. The summed E-state index contributed by atoms with van der Waals surface area (Å²) in [6.07, 6.45) is 2.88. The summed E-state index contributed by atoms with van der Waals surface area (Å²) in [5.41, 5.74) is 7.98. The quantitative estimate of drug-likeness (QED) is 0.844. The van der Waals surface area contributed by atoms with Crippen molar-refractivity contribution in [2.24, 2.45) is 5.92 Å². The molecule has 0 aliphatic carbocycles. The highest BCUT2D eigenvalue weighted by Crippen LogP contribution is 2.20. The summed E-state index contributed by atoms with van der Waals surface area (Å²) in [4.78, 5) is 8.92. The molecule has 0 spiro atoms. The van der Waals surface area contributed by atoms with Gasteiger partial charge in [-0.15, -0.1) is 0 Å². The molecule has 1 aliphatic heterocycles. The second-order valence-corrected chi connectivity index (χ2v) is 4.69. The molecule has 1 aromatic rings. The van der Waals surface area contributed by atoms with E-state index in [9.17, 15) is 0 Å². The fourth-order valence-corrected chi connectivity index (χ4v) is 1.84. The number of nitrogens with two attached hydrogens (primary N) is 1. The van der Waals surface area contributed by atoms with E-state index in [-0.39, 0.29) is 0 Å². The van der Waals surface area contributed by atoms with Crippen molar-refractivity contribution in [3.63, 3.8) is 0 Å². The molecular formula is C12H19N3O. The van der Waals surface area contributed by atoms with Gasteiger partial charge in [-0.3, -0.25) is 0 Å². The number of nitrogen functional groups attached to an aromatic ring is 1. The van der Waals surface area contributed by atoms with E-state index in [0.29, 0.717) is 18.3 Å². The molecule has 0 aromatic carbocycles. The predicted octanol–water partition coefficient (Wildman–Crippen LogP) is 1.72. The standard InChI is InChI=1S/C12H19N3O/c1-8(2)3-4-11-14-10-5-6-16-7-9(10)12(13)15-11/h8H,3-7H2,1-2H3,(H2,13,14,15). The third kappa shape index (κ3) is 2.50. The number of hydrogen-bond acceptors (Lipinski definition) is 4. The first-order chi connectivity index (χ1) is 7.66. The molecule has 0 bridgehead atoms. The molecule has 0 saturated heterocycles. The summed E-state index contributed by atoms with van der Waals surface area (Å²) in [5.74, 6) is 2.15. The second kappa shape index (κ2) is 4.78. The number of hydrogen-bond donors (Lipinski definition) is 1. The summed E-state index contributed by atoms with van der Waals surface area (Å²) in [6.45, 7) is 5.71. The van der Waals surface area contributed by atoms with E-state index in [1.807, 2.05) is 0 Å². The van der Waals surface area contributed by atoms with Crippen LogP contribution in [0.5, 0.6) is 0 Å². The Kier molecular flexibility index (Phi) is 3.39. The highest BCUT2D eigenvalue weighted by Gasteiger charge is 2.16. The maximum Gasteiger partial charge on any atom is 0.132 e. The molecule has 0 fully saturated rings. The predicted molar refractivity (Wildman–Crippen MR) is 63.0 cm³/mol. The van der Waals surface area contributed by atoms with Gasteiger partial charge in [-0.1, -0.05) is 13.8 Å². The van der Waals surface area contributed by atoms with Gasteiger partial charge in [0.1, 0.15) is 11.6 Å². The Morgan fingerprint density at radius 2 is 2.19 bits per heavy atom. The van der Waals surface area contributed by atoms with Gasteiger partial charge < -0.3 is 10.5 Å². The SMILES string of the molecule is CC(C)CCc1nc(N)c2c(n1)CCOC2. The molecule has 16 heavy (non-hydrogen) atoms. The lowest BCUT2D eigenvalue weighted by atomic mass is 10.1. The van der Waals surface area contributed by atoms with Crippen molar-refractivity contribution in [2.45, 2.75) is 39.7 Å². The van der Waals surface area contributed by atoms with Gasteiger partial charge in [0.05, 0.1) is 18.9 Å². The summed E-state index contributed by atoms with van der Waals surface area (Å²) >= 11 is 0. The minimum absolute atomic E-state index is 0.561. The minimum atomic E-state index is 0.561. The number of ether oxygens (including phenoxy) is 1. The van der Waals surface area contributed by atoms with Gasteiger partial charge in [-0.25, -0.2) is 9.97 Å². The van der Waals surface area contributed by atoms with Crippen LogP contribution >= 0.6 is 0 Å². The number of nitrogens with zero attached hydrogens (tertiary/aromatic N) is 2. The number of anilines is 1. The van der Waals surface area contributed by atoms with E-state index >= 15 is 0 Å². The van der Waals surface area contributed by atoms with Crippen LogP contribution in [0.15, 0.2) is 0 Å². The van der Waals surface area contributed by atoms with Crippen molar-refractivity contribution >= 4 is 5.82 Å². The topological polar surface area (TPSA) is 61.0 Å². The number of fused-ring (bicyclic) bond motifs is 1. The maximum absolute atomic E-state index is 5.92. The van der Waals surface area contributed by atoms with Gasteiger partial charge in [-0.2, -0.15) is 0 Å². The Bertz CT molecular complexity index is 377. The van der Waals surface area contributed by atoms with Crippen molar-refractivity contribution in [1.82, 2.24) is 9.97 Å². The molecule has 1 aliphatic rings. The third-order valence-electron chi connectivity index (χ3n) is 2.85. The van der Waals surface area contributed by atoms with Crippen molar-refractivity contribution in [3.05, 3.63) is 17.1 Å². The Labute approximate surface area is 96.2 Å². The van der Waals surface area contributed by atoms with Gasteiger partial charge in [0.15, 0.2) is 0 Å². The van der Waals surface area contributed by atoms with E-state index in [0.717, 1.165) is 43.0 Å². The van der Waals surface area contributed by atoms with Crippen molar-refractivity contribution < 1.29 is 4.74 Å². The molecule has 1 aromatic heterocycles. The van der Waals surface area contributed by atoms with Gasteiger partial charge in [0.2, 0.25) is 0 Å². The molecule has 0 radical (unpaired) electrons. The Hall–Kier alpha value is -1.16.